The molecule has 0 fully saturated rings. The smallest absolute Gasteiger partial charge is 0.274 e. The molecule has 0 spiro atoms. The van der Waals surface area contributed by atoms with Crippen LogP contribution in [0.3, 0.4) is 0 Å². The summed E-state index contributed by atoms with van der Waals surface area (Å²) in [4.78, 5) is 24.8. The lowest BCUT2D eigenvalue weighted by Crippen LogP contribution is -2.40. The number of benzene rings is 2. The molecule has 6 nitrogen and oxygen atoms in total. The average molecular weight is 348 g/mol. The van der Waals surface area contributed by atoms with E-state index in [0.29, 0.717) is 24.9 Å². The van der Waals surface area contributed by atoms with Gasteiger partial charge >= 0.3 is 0 Å². The van der Waals surface area contributed by atoms with Crippen LogP contribution in [-0.4, -0.2) is 28.3 Å². The fraction of sp³-hybridized carbons (Fsp3) is 0.250. The van der Waals surface area contributed by atoms with Gasteiger partial charge in [0.25, 0.3) is 5.56 Å². The third-order valence-corrected chi connectivity index (χ3v) is 4.72. The van der Waals surface area contributed by atoms with Crippen LogP contribution in [0, 0.1) is 6.92 Å². The lowest BCUT2D eigenvalue weighted by molar-refractivity contribution is -0.121. The number of hydrogen-bond acceptors (Lipinski definition) is 4. The lowest BCUT2D eigenvalue weighted by Gasteiger charge is -2.12. The van der Waals surface area contributed by atoms with Crippen LogP contribution in [0.4, 0.5) is 5.69 Å². The Morgan fingerprint density at radius 3 is 3.04 bits per heavy atom. The van der Waals surface area contributed by atoms with Gasteiger partial charge in [-0.1, -0.05) is 35.9 Å². The van der Waals surface area contributed by atoms with Crippen LogP contribution in [0.25, 0.3) is 10.8 Å². The van der Waals surface area contributed by atoms with Gasteiger partial charge in [-0.15, -0.1) is 0 Å². The summed E-state index contributed by atoms with van der Waals surface area (Å²) in [6.45, 7) is 2.74. The standard InChI is InChI=1S/C20H20N4O2/c1-13-6-7-17-15(10-13)11-18(23-17)19(25)21-8-9-24-20(26)16-5-3-2-4-14(16)12-22-24/h2-7,10,12,18,23H,8-9,11H2,1H3,(H,21,25)/t18-/m0/s1. The third-order valence-electron chi connectivity index (χ3n) is 4.72. The van der Waals surface area contributed by atoms with Crippen LogP contribution in [0.2, 0.25) is 0 Å². The zero-order chi connectivity index (χ0) is 18.1. The maximum atomic E-state index is 12.4. The van der Waals surface area contributed by atoms with Crippen LogP contribution in [-0.2, 0) is 17.8 Å². The monoisotopic (exact) mass is 348 g/mol. The normalized spacial score (nSPS) is 15.5. The van der Waals surface area contributed by atoms with Gasteiger partial charge in [0, 0.05) is 24.0 Å². The topological polar surface area (TPSA) is 76.0 Å². The van der Waals surface area contributed by atoms with Crippen molar-refractivity contribution in [2.45, 2.75) is 25.9 Å². The number of hydrogen-bond donors (Lipinski definition) is 2. The molecule has 1 amide bonds. The summed E-state index contributed by atoms with van der Waals surface area (Å²) in [6.07, 6.45) is 2.35. The molecule has 2 aromatic carbocycles. The molecule has 1 aliphatic rings. The number of nitrogens with one attached hydrogen (secondary N) is 2. The second kappa shape index (κ2) is 6.63. The zero-order valence-corrected chi connectivity index (χ0v) is 14.5. The quantitative estimate of drug-likeness (QED) is 0.755. The molecule has 0 saturated heterocycles. The molecule has 26 heavy (non-hydrogen) atoms. The van der Waals surface area contributed by atoms with Gasteiger partial charge in [-0.3, -0.25) is 9.59 Å². The summed E-state index contributed by atoms with van der Waals surface area (Å²) < 4.78 is 1.39. The van der Waals surface area contributed by atoms with E-state index in [2.05, 4.69) is 21.8 Å². The minimum absolute atomic E-state index is 0.0623. The molecule has 132 valence electrons. The molecule has 2 heterocycles. The Bertz CT molecular complexity index is 1040. The van der Waals surface area contributed by atoms with Gasteiger partial charge in [-0.05, 0) is 24.6 Å². The average Bonchev–Trinajstić information content (AvgIpc) is 3.07. The maximum Gasteiger partial charge on any atom is 0.274 e. The predicted molar refractivity (Wildman–Crippen MR) is 101 cm³/mol. The van der Waals surface area contributed by atoms with Crippen LogP contribution in [0.15, 0.2) is 53.5 Å². The number of aryl methyl sites for hydroxylation is 1. The van der Waals surface area contributed by atoms with Gasteiger partial charge in [-0.25, -0.2) is 4.68 Å². The number of anilines is 1. The Balaban J connectivity index is 1.37. The highest BCUT2D eigenvalue weighted by Gasteiger charge is 2.26. The number of rotatable bonds is 4. The van der Waals surface area contributed by atoms with Crippen molar-refractivity contribution in [2.24, 2.45) is 0 Å². The molecular formula is C20H20N4O2. The van der Waals surface area contributed by atoms with Gasteiger partial charge in [0.05, 0.1) is 18.1 Å². The summed E-state index contributed by atoms with van der Waals surface area (Å²) in [5.41, 5.74) is 3.23. The van der Waals surface area contributed by atoms with E-state index in [4.69, 9.17) is 0 Å². The molecule has 1 aliphatic heterocycles. The first-order valence-corrected chi connectivity index (χ1v) is 8.70. The number of amides is 1. The molecule has 1 atom stereocenters. The van der Waals surface area contributed by atoms with E-state index in [1.807, 2.05) is 37.3 Å². The van der Waals surface area contributed by atoms with E-state index < -0.39 is 0 Å². The van der Waals surface area contributed by atoms with Crippen molar-refractivity contribution < 1.29 is 4.79 Å². The van der Waals surface area contributed by atoms with Crippen LogP contribution in [0.1, 0.15) is 11.1 Å². The summed E-state index contributed by atoms with van der Waals surface area (Å²) in [7, 11) is 0. The van der Waals surface area contributed by atoms with Crippen LogP contribution < -0.4 is 16.2 Å². The van der Waals surface area contributed by atoms with Gasteiger partial charge in [0.2, 0.25) is 5.91 Å². The second-order valence-electron chi connectivity index (χ2n) is 6.61. The zero-order valence-electron chi connectivity index (χ0n) is 14.5. The Labute approximate surface area is 150 Å². The minimum Gasteiger partial charge on any atom is -0.373 e. The number of carbonyl (C=O) groups is 1. The fourth-order valence-electron chi connectivity index (χ4n) is 3.34. The minimum atomic E-state index is -0.270. The molecule has 3 aromatic rings. The molecule has 0 bridgehead atoms. The first-order valence-electron chi connectivity index (χ1n) is 8.70. The molecule has 0 saturated carbocycles. The summed E-state index contributed by atoms with van der Waals surface area (Å²) in [5, 5.41) is 11.8. The van der Waals surface area contributed by atoms with E-state index in [1.165, 1.54) is 10.2 Å². The summed E-state index contributed by atoms with van der Waals surface area (Å²) >= 11 is 0. The van der Waals surface area contributed by atoms with E-state index in [0.717, 1.165) is 16.6 Å². The van der Waals surface area contributed by atoms with Crippen molar-refractivity contribution in [1.29, 1.82) is 0 Å². The highest BCUT2D eigenvalue weighted by atomic mass is 16.2. The fourth-order valence-corrected chi connectivity index (χ4v) is 3.34. The van der Waals surface area contributed by atoms with E-state index in [9.17, 15) is 9.59 Å². The molecule has 0 aliphatic carbocycles. The third kappa shape index (κ3) is 3.06. The van der Waals surface area contributed by atoms with Crippen LogP contribution >= 0.6 is 0 Å². The Morgan fingerprint density at radius 1 is 1.31 bits per heavy atom. The number of aromatic nitrogens is 2. The molecule has 0 radical (unpaired) electrons. The van der Waals surface area contributed by atoms with E-state index in [1.54, 1.807) is 12.3 Å². The van der Waals surface area contributed by atoms with Gasteiger partial charge in [0.15, 0.2) is 0 Å². The highest BCUT2D eigenvalue weighted by Crippen LogP contribution is 2.26. The van der Waals surface area contributed by atoms with Crippen molar-refractivity contribution in [3.63, 3.8) is 0 Å². The van der Waals surface area contributed by atoms with Gasteiger partial charge in [0.1, 0.15) is 6.04 Å². The number of carbonyl (C=O) groups excluding carboxylic acids is 1. The highest BCUT2D eigenvalue weighted by molar-refractivity contribution is 5.87. The molecule has 6 heteroatoms. The molecule has 4 rings (SSSR count). The van der Waals surface area contributed by atoms with E-state index in [-0.39, 0.29) is 17.5 Å². The van der Waals surface area contributed by atoms with Crippen molar-refractivity contribution in [2.75, 3.05) is 11.9 Å². The van der Waals surface area contributed by atoms with Crippen molar-refractivity contribution >= 4 is 22.4 Å². The Morgan fingerprint density at radius 2 is 2.15 bits per heavy atom. The van der Waals surface area contributed by atoms with Crippen molar-refractivity contribution in [1.82, 2.24) is 15.1 Å². The first-order chi connectivity index (χ1) is 12.6. The summed E-state index contributed by atoms with van der Waals surface area (Å²) in [5.74, 6) is -0.0623. The summed E-state index contributed by atoms with van der Waals surface area (Å²) in [6, 6.07) is 13.2. The van der Waals surface area contributed by atoms with Crippen molar-refractivity contribution in [3.8, 4) is 0 Å². The predicted octanol–water partition coefficient (Wildman–Crippen LogP) is 1.86. The van der Waals surface area contributed by atoms with Crippen molar-refractivity contribution in [3.05, 3.63) is 70.1 Å². The first kappa shape index (κ1) is 16.3. The number of fused-ring (bicyclic) bond motifs is 2. The number of nitrogens with zero attached hydrogens (tertiary/aromatic N) is 2. The molecule has 0 unspecified atom stereocenters. The molecular weight excluding hydrogens is 328 g/mol. The van der Waals surface area contributed by atoms with Crippen LogP contribution in [0.5, 0.6) is 0 Å². The SMILES string of the molecule is Cc1ccc2c(c1)C[C@@H](C(=O)NCCn1ncc3ccccc3c1=O)N2. The van der Waals surface area contributed by atoms with Gasteiger partial charge in [-0.2, -0.15) is 5.10 Å². The molecule has 2 N–H and O–H groups in total. The lowest BCUT2D eigenvalue weighted by atomic mass is 10.1. The van der Waals surface area contributed by atoms with Gasteiger partial charge < -0.3 is 10.6 Å². The Kier molecular flexibility index (Phi) is 4.16. The maximum absolute atomic E-state index is 12.4. The second-order valence-corrected chi connectivity index (χ2v) is 6.61. The van der Waals surface area contributed by atoms with E-state index >= 15 is 0 Å². The Hall–Kier alpha value is -3.15. The largest absolute Gasteiger partial charge is 0.373 e. The molecule has 1 aromatic heterocycles.